The molecule has 2 rings (SSSR count). The number of anilines is 1. The van der Waals surface area contributed by atoms with Gasteiger partial charge in [0, 0.05) is 13.7 Å². The Morgan fingerprint density at radius 1 is 1.17 bits per heavy atom. The van der Waals surface area contributed by atoms with Crippen molar-refractivity contribution in [1.29, 1.82) is 0 Å². The molecule has 0 spiro atoms. The highest BCUT2D eigenvalue weighted by Gasteiger charge is 2.12. The van der Waals surface area contributed by atoms with Gasteiger partial charge in [0.05, 0.1) is 12.1 Å². The molecule has 0 saturated heterocycles. The lowest BCUT2D eigenvalue weighted by atomic mass is 10.1. The Morgan fingerprint density at radius 3 is 2.65 bits per heavy atom. The Balaban J connectivity index is 1.96. The largest absolute Gasteiger partial charge is 0.343 e. The Labute approximate surface area is 157 Å². The second-order valence-electron chi connectivity index (χ2n) is 4.87. The number of benzene rings is 2. The van der Waals surface area contributed by atoms with E-state index in [2.05, 4.69) is 49.2 Å². The lowest BCUT2D eigenvalue weighted by molar-refractivity contribution is -0.115. The van der Waals surface area contributed by atoms with Crippen LogP contribution in [0.15, 0.2) is 46.9 Å². The molecule has 0 fully saturated rings. The van der Waals surface area contributed by atoms with Gasteiger partial charge in [-0.2, -0.15) is 0 Å². The molecular weight excluding hydrogens is 471 g/mol. The van der Waals surface area contributed by atoms with Crippen LogP contribution in [0.4, 0.5) is 5.69 Å². The first kappa shape index (κ1) is 17.9. The maximum absolute atomic E-state index is 12.2. The third-order valence-electron chi connectivity index (χ3n) is 3.25. The molecule has 0 heterocycles. The lowest BCUT2D eigenvalue weighted by Gasteiger charge is -2.11. The summed E-state index contributed by atoms with van der Waals surface area (Å²) in [6.07, 6.45) is 0.832. The van der Waals surface area contributed by atoms with Gasteiger partial charge in [0.15, 0.2) is 0 Å². The van der Waals surface area contributed by atoms with E-state index >= 15 is 0 Å². The van der Waals surface area contributed by atoms with Gasteiger partial charge in [0.25, 0.3) is 5.91 Å². The second kappa shape index (κ2) is 8.44. The number of carbonyl (C=O) groups is 2. The molecular formula is C17H16BrIN2O2. The third kappa shape index (κ3) is 5.04. The summed E-state index contributed by atoms with van der Waals surface area (Å²) < 4.78 is 1.66. The van der Waals surface area contributed by atoms with Gasteiger partial charge in [-0.05, 0) is 58.8 Å². The van der Waals surface area contributed by atoms with E-state index in [9.17, 15) is 9.59 Å². The molecule has 0 atom stereocenters. The minimum atomic E-state index is -0.269. The summed E-state index contributed by atoms with van der Waals surface area (Å²) in [7, 11) is 0. The summed E-state index contributed by atoms with van der Waals surface area (Å²) in [5, 5.41) is 5.48. The number of hydrogen-bond acceptors (Lipinski definition) is 2. The van der Waals surface area contributed by atoms with Crippen LogP contribution in [0.1, 0.15) is 22.8 Å². The van der Waals surface area contributed by atoms with Gasteiger partial charge >= 0.3 is 0 Å². The zero-order valence-electron chi connectivity index (χ0n) is 12.5. The fourth-order valence-corrected chi connectivity index (χ4v) is 3.01. The lowest BCUT2D eigenvalue weighted by Crippen LogP contribution is -2.33. The smallest absolute Gasteiger partial charge is 0.252 e. The third-order valence-corrected chi connectivity index (χ3v) is 4.69. The molecule has 0 aliphatic heterocycles. The number of hydrogen-bond donors (Lipinski definition) is 2. The van der Waals surface area contributed by atoms with Crippen LogP contribution in [0.25, 0.3) is 0 Å². The van der Waals surface area contributed by atoms with Crippen molar-refractivity contribution in [1.82, 2.24) is 5.32 Å². The first-order valence-corrected chi connectivity index (χ1v) is 8.99. The number of nitrogens with one attached hydrogen (secondary N) is 2. The summed E-state index contributed by atoms with van der Waals surface area (Å²) in [5.74, 6) is -0.515. The van der Waals surface area contributed by atoms with Gasteiger partial charge in [-0.3, -0.25) is 9.59 Å². The molecule has 0 radical (unpaired) electrons. The molecule has 2 amide bonds. The van der Waals surface area contributed by atoms with Gasteiger partial charge in [0.1, 0.15) is 0 Å². The molecule has 23 heavy (non-hydrogen) atoms. The highest BCUT2D eigenvalue weighted by Crippen LogP contribution is 2.18. The van der Waals surface area contributed by atoms with Crippen LogP contribution in [0.3, 0.4) is 0 Å². The Kier molecular flexibility index (Phi) is 6.59. The SMILES string of the molecule is CCc1ccccc1NC(=O)CNC(=O)c1cc(Br)ccc1I. The summed E-state index contributed by atoms with van der Waals surface area (Å²) in [6.45, 7) is 1.96. The van der Waals surface area contributed by atoms with E-state index < -0.39 is 0 Å². The first-order chi connectivity index (χ1) is 11.0. The van der Waals surface area contributed by atoms with E-state index in [0.717, 1.165) is 25.7 Å². The Bertz CT molecular complexity index is 734. The van der Waals surface area contributed by atoms with E-state index in [0.29, 0.717) is 5.56 Å². The highest BCUT2D eigenvalue weighted by molar-refractivity contribution is 14.1. The molecule has 2 aromatic carbocycles. The fraction of sp³-hybridized carbons (Fsp3) is 0.176. The topological polar surface area (TPSA) is 58.2 Å². The number of amides is 2. The van der Waals surface area contributed by atoms with Gasteiger partial charge in [-0.1, -0.05) is 41.1 Å². The normalized spacial score (nSPS) is 10.2. The molecule has 2 N–H and O–H groups in total. The zero-order chi connectivity index (χ0) is 16.8. The van der Waals surface area contributed by atoms with Crippen molar-refractivity contribution in [3.8, 4) is 0 Å². The molecule has 0 aromatic heterocycles. The molecule has 0 aliphatic rings. The first-order valence-electron chi connectivity index (χ1n) is 7.12. The molecule has 0 aliphatic carbocycles. The van der Waals surface area contributed by atoms with Crippen molar-refractivity contribution in [2.24, 2.45) is 0 Å². The van der Waals surface area contributed by atoms with E-state index in [1.165, 1.54) is 0 Å². The minimum Gasteiger partial charge on any atom is -0.343 e. The number of halogens is 2. The molecule has 6 heteroatoms. The monoisotopic (exact) mass is 486 g/mol. The number of aryl methyl sites for hydroxylation is 1. The summed E-state index contributed by atoms with van der Waals surface area (Å²) in [6, 6.07) is 13.1. The van der Waals surface area contributed by atoms with Crippen molar-refractivity contribution in [3.05, 3.63) is 61.6 Å². The van der Waals surface area contributed by atoms with Crippen LogP contribution in [0.5, 0.6) is 0 Å². The van der Waals surface area contributed by atoms with Gasteiger partial charge in [-0.25, -0.2) is 0 Å². The predicted octanol–water partition coefficient (Wildman–Crippen LogP) is 3.98. The average molecular weight is 487 g/mol. The molecule has 0 bridgehead atoms. The van der Waals surface area contributed by atoms with E-state index in [1.54, 1.807) is 6.07 Å². The van der Waals surface area contributed by atoms with E-state index in [-0.39, 0.29) is 18.4 Å². The van der Waals surface area contributed by atoms with Gasteiger partial charge < -0.3 is 10.6 Å². The maximum atomic E-state index is 12.2. The quantitative estimate of drug-likeness (QED) is 0.628. The molecule has 4 nitrogen and oxygen atoms in total. The van der Waals surface area contributed by atoms with Crippen molar-refractivity contribution in [2.45, 2.75) is 13.3 Å². The van der Waals surface area contributed by atoms with Crippen LogP contribution in [0, 0.1) is 3.57 Å². The number of rotatable bonds is 5. The summed E-state index contributed by atoms with van der Waals surface area (Å²) in [4.78, 5) is 24.2. The van der Waals surface area contributed by atoms with Crippen LogP contribution < -0.4 is 10.6 Å². The summed E-state index contributed by atoms with van der Waals surface area (Å²) in [5.41, 5.74) is 2.39. The average Bonchev–Trinajstić information content (AvgIpc) is 2.55. The Morgan fingerprint density at radius 2 is 1.91 bits per heavy atom. The highest BCUT2D eigenvalue weighted by atomic mass is 127. The van der Waals surface area contributed by atoms with Crippen LogP contribution in [0.2, 0.25) is 0 Å². The number of para-hydroxylation sites is 1. The molecule has 0 saturated carbocycles. The Hall–Kier alpha value is -1.41. The number of carbonyl (C=O) groups excluding carboxylic acids is 2. The molecule has 0 unspecified atom stereocenters. The zero-order valence-corrected chi connectivity index (χ0v) is 16.3. The minimum absolute atomic E-state index is 0.0700. The van der Waals surface area contributed by atoms with Crippen molar-refractivity contribution in [2.75, 3.05) is 11.9 Å². The predicted molar refractivity (Wildman–Crippen MR) is 104 cm³/mol. The van der Waals surface area contributed by atoms with Gasteiger partial charge in [-0.15, -0.1) is 0 Å². The van der Waals surface area contributed by atoms with E-state index in [1.807, 2.05) is 43.3 Å². The fourth-order valence-electron chi connectivity index (χ4n) is 2.07. The second-order valence-corrected chi connectivity index (χ2v) is 6.94. The van der Waals surface area contributed by atoms with Crippen LogP contribution in [-0.4, -0.2) is 18.4 Å². The van der Waals surface area contributed by atoms with Crippen molar-refractivity contribution >= 4 is 56.0 Å². The maximum Gasteiger partial charge on any atom is 0.252 e. The molecule has 2 aromatic rings. The molecule has 120 valence electrons. The van der Waals surface area contributed by atoms with Gasteiger partial charge in [0.2, 0.25) is 5.91 Å². The summed E-state index contributed by atoms with van der Waals surface area (Å²) >= 11 is 5.44. The van der Waals surface area contributed by atoms with Crippen LogP contribution >= 0.6 is 38.5 Å². The van der Waals surface area contributed by atoms with Crippen molar-refractivity contribution in [3.63, 3.8) is 0 Å². The van der Waals surface area contributed by atoms with Crippen LogP contribution in [-0.2, 0) is 11.2 Å². The van der Waals surface area contributed by atoms with Crippen molar-refractivity contribution < 1.29 is 9.59 Å². The standard InChI is InChI=1S/C17H16BrIN2O2/c1-2-11-5-3-4-6-15(11)21-16(22)10-20-17(23)13-9-12(18)7-8-14(13)19/h3-9H,2,10H2,1H3,(H,20,23)(H,21,22). The van der Waals surface area contributed by atoms with E-state index in [4.69, 9.17) is 0 Å².